The Morgan fingerprint density at radius 3 is 2.62 bits per heavy atom. The monoisotopic (exact) mass is 326 g/mol. The molecule has 5 nitrogen and oxygen atoms in total. The number of rotatable bonds is 5. The van der Waals surface area contributed by atoms with Gasteiger partial charge in [-0.05, 0) is 49.7 Å². The maximum Gasteiger partial charge on any atom is 0.264 e. The average molecular weight is 326 g/mol. The van der Waals surface area contributed by atoms with Crippen LogP contribution in [0.2, 0.25) is 0 Å². The number of hydrogen-bond acceptors (Lipinski definition) is 5. The molecule has 0 radical (unpaired) electrons. The van der Waals surface area contributed by atoms with Gasteiger partial charge < -0.3 is 9.26 Å². The molecule has 24 heavy (non-hydrogen) atoms. The van der Waals surface area contributed by atoms with Crippen molar-refractivity contribution in [1.82, 2.24) is 10.1 Å². The van der Waals surface area contributed by atoms with E-state index in [1.165, 1.54) is 13.0 Å². The molecule has 0 unspecified atom stereocenters. The summed E-state index contributed by atoms with van der Waals surface area (Å²) in [5.74, 6) is 0.844. The SMILES string of the molecule is CC(=O)c1ccc(OCc2nc(-c3ccc(C)c(F)c3)no2)cc1. The van der Waals surface area contributed by atoms with Crippen molar-refractivity contribution in [3.05, 3.63) is 65.3 Å². The summed E-state index contributed by atoms with van der Waals surface area (Å²) in [4.78, 5) is 15.4. The first-order valence-corrected chi connectivity index (χ1v) is 7.36. The molecule has 0 saturated heterocycles. The fraction of sp³-hybridized carbons (Fsp3) is 0.167. The molecule has 1 heterocycles. The average Bonchev–Trinajstić information content (AvgIpc) is 3.05. The number of Topliss-reactive ketones (excluding diaryl/α,β-unsaturated/α-hetero) is 1. The lowest BCUT2D eigenvalue weighted by Gasteiger charge is -2.03. The quantitative estimate of drug-likeness (QED) is 0.664. The predicted molar refractivity (Wildman–Crippen MR) is 85.2 cm³/mol. The van der Waals surface area contributed by atoms with E-state index in [2.05, 4.69) is 10.1 Å². The van der Waals surface area contributed by atoms with Gasteiger partial charge in [-0.3, -0.25) is 4.79 Å². The second-order valence-corrected chi connectivity index (χ2v) is 5.34. The van der Waals surface area contributed by atoms with Crippen LogP contribution in [0, 0.1) is 12.7 Å². The van der Waals surface area contributed by atoms with E-state index in [4.69, 9.17) is 9.26 Å². The number of aromatic nitrogens is 2. The first kappa shape index (κ1) is 15.9. The van der Waals surface area contributed by atoms with Crippen LogP contribution in [0.25, 0.3) is 11.4 Å². The van der Waals surface area contributed by atoms with Gasteiger partial charge in [-0.25, -0.2) is 4.39 Å². The van der Waals surface area contributed by atoms with Gasteiger partial charge in [-0.2, -0.15) is 4.98 Å². The molecule has 2 aromatic carbocycles. The molecule has 3 aromatic rings. The molecule has 0 N–H and O–H groups in total. The molecule has 0 aliphatic rings. The zero-order valence-corrected chi connectivity index (χ0v) is 13.2. The molecule has 3 rings (SSSR count). The number of halogens is 1. The minimum Gasteiger partial charge on any atom is -0.484 e. The molecule has 0 aliphatic carbocycles. The van der Waals surface area contributed by atoms with Crippen LogP contribution in [0.15, 0.2) is 47.0 Å². The van der Waals surface area contributed by atoms with Crippen LogP contribution < -0.4 is 4.74 Å². The summed E-state index contributed by atoms with van der Waals surface area (Å²) in [7, 11) is 0. The molecular weight excluding hydrogens is 311 g/mol. The first-order chi connectivity index (χ1) is 11.5. The highest BCUT2D eigenvalue weighted by atomic mass is 19.1. The van der Waals surface area contributed by atoms with Crippen molar-refractivity contribution in [3.8, 4) is 17.1 Å². The minimum absolute atomic E-state index is 0.00609. The number of benzene rings is 2. The van der Waals surface area contributed by atoms with Crippen LogP contribution in [0.1, 0.15) is 28.7 Å². The highest BCUT2D eigenvalue weighted by Crippen LogP contribution is 2.20. The van der Waals surface area contributed by atoms with Gasteiger partial charge in [-0.1, -0.05) is 17.3 Å². The lowest BCUT2D eigenvalue weighted by Crippen LogP contribution is -1.97. The van der Waals surface area contributed by atoms with Gasteiger partial charge in [0.25, 0.3) is 5.89 Å². The van der Waals surface area contributed by atoms with Gasteiger partial charge in [0, 0.05) is 11.1 Å². The van der Waals surface area contributed by atoms with E-state index in [0.29, 0.717) is 28.3 Å². The van der Waals surface area contributed by atoms with Crippen LogP contribution in [-0.2, 0) is 6.61 Å². The first-order valence-electron chi connectivity index (χ1n) is 7.36. The Hall–Kier alpha value is -3.02. The lowest BCUT2D eigenvalue weighted by atomic mass is 10.1. The molecular formula is C18H15FN2O3. The molecule has 0 saturated carbocycles. The topological polar surface area (TPSA) is 65.2 Å². The van der Waals surface area contributed by atoms with Crippen molar-refractivity contribution in [2.45, 2.75) is 20.5 Å². The third-order valence-electron chi connectivity index (χ3n) is 3.52. The Morgan fingerprint density at radius 1 is 1.21 bits per heavy atom. The van der Waals surface area contributed by atoms with Crippen molar-refractivity contribution in [2.75, 3.05) is 0 Å². The van der Waals surface area contributed by atoms with E-state index >= 15 is 0 Å². The summed E-state index contributed by atoms with van der Waals surface area (Å²) in [6, 6.07) is 11.5. The number of aryl methyl sites for hydroxylation is 1. The van der Waals surface area contributed by atoms with Gasteiger partial charge in [0.2, 0.25) is 5.82 Å². The molecule has 6 heteroatoms. The second-order valence-electron chi connectivity index (χ2n) is 5.34. The fourth-order valence-corrected chi connectivity index (χ4v) is 2.09. The van der Waals surface area contributed by atoms with E-state index in [0.717, 1.165) is 0 Å². The Kier molecular flexibility index (Phi) is 4.37. The molecule has 0 fully saturated rings. The molecule has 122 valence electrons. The minimum atomic E-state index is -0.319. The van der Waals surface area contributed by atoms with Crippen LogP contribution >= 0.6 is 0 Å². The van der Waals surface area contributed by atoms with Gasteiger partial charge in [0.15, 0.2) is 12.4 Å². The molecule has 0 atom stereocenters. The van der Waals surface area contributed by atoms with E-state index in [1.807, 2.05) is 0 Å². The predicted octanol–water partition coefficient (Wildman–Crippen LogP) is 3.97. The summed E-state index contributed by atoms with van der Waals surface area (Å²) in [5, 5.41) is 3.83. The lowest BCUT2D eigenvalue weighted by molar-refractivity contribution is 0.101. The van der Waals surface area contributed by atoms with Crippen LogP contribution in [0.4, 0.5) is 4.39 Å². The van der Waals surface area contributed by atoms with E-state index in [-0.39, 0.29) is 24.1 Å². The van der Waals surface area contributed by atoms with Crippen molar-refractivity contribution >= 4 is 5.78 Å². The summed E-state index contributed by atoms with van der Waals surface area (Å²) in [5.41, 5.74) is 1.71. The van der Waals surface area contributed by atoms with Gasteiger partial charge in [-0.15, -0.1) is 0 Å². The van der Waals surface area contributed by atoms with Crippen LogP contribution in [-0.4, -0.2) is 15.9 Å². The third kappa shape index (κ3) is 3.48. The number of ketones is 1. The zero-order chi connectivity index (χ0) is 17.1. The number of hydrogen-bond donors (Lipinski definition) is 0. The standard InChI is InChI=1S/C18H15FN2O3/c1-11-3-4-14(9-16(11)19)18-20-17(24-21-18)10-23-15-7-5-13(6-8-15)12(2)22/h3-9H,10H2,1-2H3. The van der Waals surface area contributed by atoms with Gasteiger partial charge in [0.05, 0.1) is 0 Å². The number of ether oxygens (including phenoxy) is 1. The van der Waals surface area contributed by atoms with E-state index < -0.39 is 0 Å². The van der Waals surface area contributed by atoms with Gasteiger partial charge in [0.1, 0.15) is 11.6 Å². The molecule has 0 amide bonds. The van der Waals surface area contributed by atoms with Gasteiger partial charge >= 0.3 is 0 Å². The summed E-state index contributed by atoms with van der Waals surface area (Å²) < 4.78 is 24.2. The highest BCUT2D eigenvalue weighted by Gasteiger charge is 2.11. The highest BCUT2D eigenvalue weighted by molar-refractivity contribution is 5.94. The van der Waals surface area contributed by atoms with E-state index in [9.17, 15) is 9.18 Å². The Labute approximate surface area is 138 Å². The normalized spacial score (nSPS) is 10.6. The molecule has 0 bridgehead atoms. The third-order valence-corrected chi connectivity index (χ3v) is 3.52. The van der Waals surface area contributed by atoms with Crippen LogP contribution in [0.3, 0.4) is 0 Å². The smallest absolute Gasteiger partial charge is 0.264 e. The molecule has 0 spiro atoms. The van der Waals surface area contributed by atoms with Crippen molar-refractivity contribution in [1.29, 1.82) is 0 Å². The number of carbonyl (C=O) groups is 1. The number of nitrogens with zero attached hydrogens (tertiary/aromatic N) is 2. The fourth-order valence-electron chi connectivity index (χ4n) is 2.09. The largest absolute Gasteiger partial charge is 0.484 e. The molecule has 1 aromatic heterocycles. The summed E-state index contributed by atoms with van der Waals surface area (Å²) in [6.07, 6.45) is 0. The maximum absolute atomic E-state index is 13.6. The summed E-state index contributed by atoms with van der Waals surface area (Å²) >= 11 is 0. The summed E-state index contributed by atoms with van der Waals surface area (Å²) in [6.45, 7) is 3.27. The molecule has 0 aliphatic heterocycles. The van der Waals surface area contributed by atoms with E-state index in [1.54, 1.807) is 43.3 Å². The van der Waals surface area contributed by atoms with Crippen molar-refractivity contribution < 1.29 is 18.4 Å². The zero-order valence-electron chi connectivity index (χ0n) is 13.2. The maximum atomic E-state index is 13.6. The van der Waals surface area contributed by atoms with Crippen molar-refractivity contribution in [3.63, 3.8) is 0 Å². The second kappa shape index (κ2) is 6.62. The van der Waals surface area contributed by atoms with Crippen molar-refractivity contribution in [2.24, 2.45) is 0 Å². The Morgan fingerprint density at radius 2 is 1.96 bits per heavy atom. The van der Waals surface area contributed by atoms with Crippen LogP contribution in [0.5, 0.6) is 5.75 Å². The Balaban J connectivity index is 1.67. The number of carbonyl (C=O) groups excluding carboxylic acids is 1. The Bertz CT molecular complexity index is 872.